The summed E-state index contributed by atoms with van der Waals surface area (Å²) in [5.74, 6) is -0.689. The Morgan fingerprint density at radius 2 is 1.81 bits per heavy atom. The van der Waals surface area contributed by atoms with Gasteiger partial charge in [0.05, 0.1) is 39.3 Å². The monoisotopic (exact) mass is 442 g/mol. The first-order valence-corrected chi connectivity index (χ1v) is 9.04. The van der Waals surface area contributed by atoms with E-state index in [9.17, 15) is 28.1 Å². The van der Waals surface area contributed by atoms with Crippen LogP contribution in [0.25, 0.3) is 11.4 Å². The normalized spacial score (nSPS) is 11.3. The van der Waals surface area contributed by atoms with Gasteiger partial charge in [0.15, 0.2) is 0 Å². The molecule has 162 valence electrons. The fourth-order valence-electron chi connectivity index (χ4n) is 2.93. The highest BCUT2D eigenvalue weighted by Crippen LogP contribution is 2.33. The van der Waals surface area contributed by atoms with Crippen molar-refractivity contribution >= 4 is 17.3 Å². The molecule has 0 saturated carbocycles. The molecule has 32 heavy (non-hydrogen) atoms. The first-order valence-electron chi connectivity index (χ1n) is 9.04. The molecule has 4 rings (SSSR count). The molecule has 1 amide bonds. The number of nitrogens with zero attached hydrogens (tertiary/aromatic N) is 5. The van der Waals surface area contributed by atoms with E-state index < -0.39 is 22.6 Å². The Bertz CT molecular complexity index is 1280. The van der Waals surface area contributed by atoms with Crippen LogP contribution in [0.4, 0.5) is 24.5 Å². The lowest BCUT2D eigenvalue weighted by Crippen LogP contribution is -2.15. The van der Waals surface area contributed by atoms with Gasteiger partial charge < -0.3 is 5.32 Å². The van der Waals surface area contributed by atoms with E-state index >= 15 is 0 Å². The molecule has 2 aromatic carbocycles. The number of hydrogen-bond acceptors (Lipinski definition) is 5. The molecule has 0 unspecified atom stereocenters. The maximum absolute atomic E-state index is 13.2. The molecule has 0 spiro atoms. The number of hydrogen-bond donors (Lipinski definition) is 1. The highest BCUT2D eigenvalue weighted by Gasteiger charge is 2.31. The number of carbonyl (C=O) groups excluding carboxylic acids is 1. The van der Waals surface area contributed by atoms with Crippen LogP contribution in [0.1, 0.15) is 15.9 Å². The van der Waals surface area contributed by atoms with Gasteiger partial charge in [0.2, 0.25) is 0 Å². The molecule has 12 heteroatoms. The Morgan fingerprint density at radius 3 is 2.44 bits per heavy atom. The van der Waals surface area contributed by atoms with Gasteiger partial charge in [-0.05, 0) is 36.4 Å². The largest absolute Gasteiger partial charge is 0.416 e. The molecule has 0 bridgehead atoms. The van der Waals surface area contributed by atoms with Crippen molar-refractivity contribution in [3.8, 4) is 11.4 Å². The second kappa shape index (κ2) is 7.98. The van der Waals surface area contributed by atoms with E-state index in [1.807, 2.05) is 0 Å². The maximum atomic E-state index is 13.2. The molecule has 4 aromatic rings. The van der Waals surface area contributed by atoms with Crippen LogP contribution < -0.4 is 5.32 Å². The van der Waals surface area contributed by atoms with Crippen molar-refractivity contribution in [2.45, 2.75) is 6.18 Å². The Hall–Kier alpha value is -4.48. The molecule has 0 aliphatic carbocycles. The number of anilines is 1. The number of aromatic nitrogens is 4. The summed E-state index contributed by atoms with van der Waals surface area (Å²) in [6.45, 7) is 0. The molecule has 2 aromatic heterocycles. The zero-order valence-corrected chi connectivity index (χ0v) is 16.0. The van der Waals surface area contributed by atoms with Crippen LogP contribution in [0.3, 0.4) is 0 Å². The molecule has 9 nitrogen and oxygen atoms in total. The van der Waals surface area contributed by atoms with Crippen molar-refractivity contribution in [3.63, 3.8) is 0 Å². The molecule has 0 radical (unpaired) electrons. The number of halogens is 3. The van der Waals surface area contributed by atoms with E-state index in [4.69, 9.17) is 0 Å². The minimum atomic E-state index is -4.59. The van der Waals surface area contributed by atoms with Crippen LogP contribution >= 0.6 is 0 Å². The summed E-state index contributed by atoms with van der Waals surface area (Å²) in [5.41, 5.74) is -0.325. The van der Waals surface area contributed by atoms with E-state index in [0.717, 1.165) is 12.1 Å². The second-order valence-electron chi connectivity index (χ2n) is 6.58. The summed E-state index contributed by atoms with van der Waals surface area (Å²) in [4.78, 5) is 22.9. The molecule has 0 aliphatic rings. The van der Waals surface area contributed by atoms with Gasteiger partial charge in [0, 0.05) is 30.7 Å². The predicted molar refractivity (Wildman–Crippen MR) is 107 cm³/mol. The quantitative estimate of drug-likeness (QED) is 0.368. The molecule has 0 saturated heterocycles. The summed E-state index contributed by atoms with van der Waals surface area (Å²) in [7, 11) is 0. The third-order valence-corrected chi connectivity index (χ3v) is 4.49. The van der Waals surface area contributed by atoms with Gasteiger partial charge in [-0.15, -0.1) is 0 Å². The summed E-state index contributed by atoms with van der Waals surface area (Å²) < 4.78 is 42.2. The van der Waals surface area contributed by atoms with Gasteiger partial charge in [-0.25, -0.2) is 9.36 Å². The minimum Gasteiger partial charge on any atom is -0.320 e. The average molecular weight is 442 g/mol. The number of nitro benzene ring substituents is 1. The van der Waals surface area contributed by atoms with Gasteiger partial charge in [-0.2, -0.15) is 23.4 Å². The average Bonchev–Trinajstić information content (AvgIpc) is 3.45. The highest BCUT2D eigenvalue weighted by atomic mass is 19.4. The number of carbonyl (C=O) groups is 1. The number of amides is 1. The number of alkyl halides is 3. The van der Waals surface area contributed by atoms with E-state index in [1.165, 1.54) is 64.5 Å². The van der Waals surface area contributed by atoms with E-state index in [-0.39, 0.29) is 22.6 Å². The van der Waals surface area contributed by atoms with Crippen molar-refractivity contribution in [3.05, 3.63) is 94.6 Å². The van der Waals surface area contributed by atoms with Crippen LogP contribution in [0, 0.1) is 10.1 Å². The van der Waals surface area contributed by atoms with Crippen molar-refractivity contribution in [1.29, 1.82) is 0 Å². The van der Waals surface area contributed by atoms with Gasteiger partial charge in [0.25, 0.3) is 11.6 Å². The predicted octanol–water partition coefficient (Wildman–Crippen LogP) is 4.24. The van der Waals surface area contributed by atoms with Gasteiger partial charge in [0.1, 0.15) is 0 Å². The van der Waals surface area contributed by atoms with Crippen molar-refractivity contribution in [2.75, 3.05) is 5.32 Å². The molecular weight excluding hydrogens is 429 g/mol. The molecule has 2 heterocycles. The zero-order chi connectivity index (χ0) is 22.9. The van der Waals surface area contributed by atoms with Gasteiger partial charge in [-0.3, -0.25) is 14.9 Å². The molecule has 0 atom stereocenters. The standard InChI is InChI=1S/C20H13F3N6O3/c21-20(22,23)14-2-7-18(27-9-1-8-24-27)17(10-14)26-19(30)13-11-25-28(12-13)15-3-5-16(6-4-15)29(31)32/h1-12H,(H,26,30). The SMILES string of the molecule is O=C(Nc1cc(C(F)(F)F)ccc1-n1cccn1)c1cnn(-c2ccc([N+](=O)[O-])cc2)c1. The lowest BCUT2D eigenvalue weighted by atomic mass is 10.1. The van der Waals surface area contributed by atoms with Crippen LogP contribution in [-0.4, -0.2) is 30.4 Å². The van der Waals surface area contributed by atoms with E-state index in [2.05, 4.69) is 15.5 Å². The summed E-state index contributed by atoms with van der Waals surface area (Å²) in [5, 5.41) is 21.3. The van der Waals surface area contributed by atoms with E-state index in [1.54, 1.807) is 6.07 Å². The van der Waals surface area contributed by atoms with Crippen molar-refractivity contribution in [1.82, 2.24) is 19.6 Å². The number of rotatable bonds is 5. The molecular formula is C20H13F3N6O3. The van der Waals surface area contributed by atoms with E-state index in [0.29, 0.717) is 5.69 Å². The number of benzene rings is 2. The van der Waals surface area contributed by atoms with Crippen LogP contribution in [0.5, 0.6) is 0 Å². The molecule has 0 fully saturated rings. The number of non-ortho nitro benzene ring substituents is 1. The number of nitrogens with one attached hydrogen (secondary N) is 1. The van der Waals surface area contributed by atoms with Gasteiger partial charge >= 0.3 is 6.18 Å². The smallest absolute Gasteiger partial charge is 0.320 e. The lowest BCUT2D eigenvalue weighted by Gasteiger charge is -2.14. The topological polar surface area (TPSA) is 108 Å². The highest BCUT2D eigenvalue weighted by molar-refractivity contribution is 6.05. The Labute approximate surface area is 177 Å². The minimum absolute atomic E-state index is 0.0761. The van der Waals surface area contributed by atoms with Crippen LogP contribution in [-0.2, 0) is 6.18 Å². The second-order valence-corrected chi connectivity index (χ2v) is 6.58. The van der Waals surface area contributed by atoms with Crippen LogP contribution in [0.15, 0.2) is 73.3 Å². The third kappa shape index (κ3) is 4.19. The fourth-order valence-corrected chi connectivity index (χ4v) is 2.93. The van der Waals surface area contributed by atoms with Crippen LogP contribution in [0.2, 0.25) is 0 Å². The lowest BCUT2D eigenvalue weighted by molar-refractivity contribution is -0.384. The van der Waals surface area contributed by atoms with Gasteiger partial charge in [-0.1, -0.05) is 0 Å². The molecule has 0 aliphatic heterocycles. The zero-order valence-electron chi connectivity index (χ0n) is 16.0. The summed E-state index contributed by atoms with van der Waals surface area (Å²) >= 11 is 0. The Kier molecular flexibility index (Phi) is 5.18. The number of nitro groups is 1. The Morgan fingerprint density at radius 1 is 1.06 bits per heavy atom. The van der Waals surface area contributed by atoms with Crippen molar-refractivity contribution < 1.29 is 22.9 Å². The maximum Gasteiger partial charge on any atom is 0.416 e. The van der Waals surface area contributed by atoms with Crippen molar-refractivity contribution in [2.24, 2.45) is 0 Å². The third-order valence-electron chi connectivity index (χ3n) is 4.49. The first-order chi connectivity index (χ1) is 15.2. The summed E-state index contributed by atoms with van der Waals surface area (Å²) in [6, 6.07) is 10.0. The Balaban J connectivity index is 1.62. The fraction of sp³-hybridized carbons (Fsp3) is 0.0500. The first kappa shape index (κ1) is 20.8. The molecule has 1 N–H and O–H groups in total. The summed E-state index contributed by atoms with van der Waals surface area (Å²) in [6.07, 6.45) is 0.987.